The van der Waals surface area contributed by atoms with Crippen LogP contribution in [0.4, 0.5) is 0 Å². The van der Waals surface area contributed by atoms with Gasteiger partial charge < -0.3 is 19.9 Å². The molecule has 3 atom stereocenters. The van der Waals surface area contributed by atoms with E-state index in [0.717, 1.165) is 39.3 Å². The molecule has 5 nitrogen and oxygen atoms in total. The Hall–Kier alpha value is -0.200. The highest BCUT2D eigenvalue weighted by Gasteiger charge is 2.43. The molecule has 0 unspecified atom stereocenters. The first kappa shape index (κ1) is 26.1. The molecule has 2 rings (SSSR count). The van der Waals surface area contributed by atoms with Gasteiger partial charge in [-0.25, -0.2) is 0 Å². The van der Waals surface area contributed by atoms with Crippen LogP contribution in [0.15, 0.2) is 0 Å². The summed E-state index contributed by atoms with van der Waals surface area (Å²) in [5.74, 6) is -0.519. The van der Waals surface area contributed by atoms with Crippen molar-refractivity contribution >= 4 is 0 Å². The van der Waals surface area contributed by atoms with E-state index in [0.29, 0.717) is 0 Å². The van der Waals surface area contributed by atoms with E-state index in [9.17, 15) is 0 Å². The van der Waals surface area contributed by atoms with E-state index in [1.165, 1.54) is 77.0 Å². The summed E-state index contributed by atoms with van der Waals surface area (Å²) in [4.78, 5) is 2.39. The van der Waals surface area contributed by atoms with Crippen molar-refractivity contribution in [1.29, 1.82) is 0 Å². The number of nitrogens with two attached hydrogens (primary N) is 1. The van der Waals surface area contributed by atoms with Gasteiger partial charge in [0.2, 0.25) is 0 Å². The van der Waals surface area contributed by atoms with Crippen molar-refractivity contribution < 1.29 is 14.2 Å². The van der Waals surface area contributed by atoms with Crippen LogP contribution >= 0.6 is 0 Å². The predicted octanol–water partition coefficient (Wildman–Crippen LogP) is 5.26. The summed E-state index contributed by atoms with van der Waals surface area (Å²) in [5, 5.41) is 0. The first-order valence-electron chi connectivity index (χ1n) is 12.9. The molecule has 30 heavy (non-hydrogen) atoms. The second kappa shape index (κ2) is 14.8. The molecule has 0 saturated carbocycles. The van der Waals surface area contributed by atoms with Gasteiger partial charge in [0.05, 0.1) is 19.3 Å². The van der Waals surface area contributed by atoms with Crippen LogP contribution in [-0.2, 0) is 14.2 Å². The standard InChI is InChI=1S/C25H50N2O3/c1-4-5-6-7-8-9-10-11-12-13-14-15-16-23-24(30-25(2,3)29-23)22(26)21-27-17-19-28-20-18-27/h22-24H,4-21,26H2,1-3H3/t22-,23+,24-/m0/s1. The van der Waals surface area contributed by atoms with E-state index in [4.69, 9.17) is 19.9 Å². The minimum Gasteiger partial charge on any atom is -0.379 e. The van der Waals surface area contributed by atoms with Gasteiger partial charge in [0.1, 0.15) is 6.10 Å². The first-order valence-corrected chi connectivity index (χ1v) is 12.9. The van der Waals surface area contributed by atoms with E-state index in [1.54, 1.807) is 0 Å². The maximum atomic E-state index is 6.57. The van der Waals surface area contributed by atoms with Gasteiger partial charge in [-0.15, -0.1) is 0 Å². The molecule has 2 heterocycles. The Morgan fingerprint density at radius 3 is 1.93 bits per heavy atom. The van der Waals surface area contributed by atoms with Crippen LogP contribution in [-0.4, -0.2) is 61.8 Å². The fourth-order valence-corrected chi connectivity index (χ4v) is 4.82. The van der Waals surface area contributed by atoms with E-state index in [2.05, 4.69) is 11.8 Å². The number of nitrogens with zero attached hydrogens (tertiary/aromatic N) is 1. The molecule has 2 aliphatic rings. The van der Waals surface area contributed by atoms with Crippen molar-refractivity contribution in [3.8, 4) is 0 Å². The third-order valence-corrected chi connectivity index (χ3v) is 6.56. The van der Waals surface area contributed by atoms with Crippen LogP contribution in [0.1, 0.15) is 104 Å². The van der Waals surface area contributed by atoms with Gasteiger partial charge in [-0.1, -0.05) is 84.0 Å². The normalized spacial score (nSPS) is 25.6. The number of hydrogen-bond acceptors (Lipinski definition) is 5. The van der Waals surface area contributed by atoms with Gasteiger partial charge in [0.15, 0.2) is 5.79 Å². The number of hydrogen-bond donors (Lipinski definition) is 1. The molecule has 2 N–H and O–H groups in total. The SMILES string of the molecule is CCCCCCCCCCCCCC[C@H]1OC(C)(C)O[C@H]1[C@@H](N)CN1CCOCC1. The van der Waals surface area contributed by atoms with Gasteiger partial charge >= 0.3 is 0 Å². The summed E-state index contributed by atoms with van der Waals surface area (Å²) in [7, 11) is 0. The van der Waals surface area contributed by atoms with Crippen LogP contribution in [0.2, 0.25) is 0 Å². The molecule has 0 bridgehead atoms. The van der Waals surface area contributed by atoms with Gasteiger partial charge in [-0.2, -0.15) is 0 Å². The molecule has 0 aromatic heterocycles. The second-order valence-electron chi connectivity index (χ2n) is 9.89. The molecular weight excluding hydrogens is 376 g/mol. The molecule has 0 aliphatic carbocycles. The Morgan fingerprint density at radius 1 is 0.833 bits per heavy atom. The molecule has 0 amide bonds. The molecule has 178 valence electrons. The van der Waals surface area contributed by atoms with E-state index in [-0.39, 0.29) is 18.2 Å². The quantitative estimate of drug-likeness (QED) is 0.341. The van der Waals surface area contributed by atoms with Crippen molar-refractivity contribution in [2.24, 2.45) is 5.73 Å². The Labute approximate surface area is 186 Å². The fraction of sp³-hybridized carbons (Fsp3) is 1.00. The number of ether oxygens (including phenoxy) is 3. The lowest BCUT2D eigenvalue weighted by atomic mass is 9.99. The summed E-state index contributed by atoms with van der Waals surface area (Å²) in [6.07, 6.45) is 17.7. The molecule has 2 aliphatic heterocycles. The summed E-state index contributed by atoms with van der Waals surface area (Å²) in [6.45, 7) is 10.7. The zero-order valence-electron chi connectivity index (χ0n) is 20.2. The Kier molecular flexibility index (Phi) is 12.8. The van der Waals surface area contributed by atoms with Crippen LogP contribution in [0.3, 0.4) is 0 Å². The third kappa shape index (κ3) is 10.4. The molecule has 0 aromatic rings. The van der Waals surface area contributed by atoms with E-state index >= 15 is 0 Å². The zero-order chi connectivity index (χ0) is 21.7. The average molecular weight is 427 g/mol. The molecular formula is C25H50N2O3. The van der Waals surface area contributed by atoms with Gasteiger partial charge in [-0.05, 0) is 20.3 Å². The molecule has 2 fully saturated rings. The maximum absolute atomic E-state index is 6.57. The second-order valence-corrected chi connectivity index (χ2v) is 9.89. The molecule has 5 heteroatoms. The summed E-state index contributed by atoms with van der Waals surface area (Å²) in [5.41, 5.74) is 6.57. The fourth-order valence-electron chi connectivity index (χ4n) is 4.82. The van der Waals surface area contributed by atoms with Crippen molar-refractivity contribution in [1.82, 2.24) is 4.90 Å². The number of rotatable bonds is 16. The lowest BCUT2D eigenvalue weighted by Crippen LogP contribution is -2.51. The van der Waals surface area contributed by atoms with E-state index in [1.807, 2.05) is 13.8 Å². The molecule has 0 radical (unpaired) electrons. The highest BCUT2D eigenvalue weighted by Crippen LogP contribution is 2.32. The van der Waals surface area contributed by atoms with Crippen LogP contribution in [0.25, 0.3) is 0 Å². The summed E-state index contributed by atoms with van der Waals surface area (Å²) < 4.78 is 17.9. The zero-order valence-corrected chi connectivity index (χ0v) is 20.2. The summed E-state index contributed by atoms with van der Waals surface area (Å²) in [6, 6.07) is -0.00722. The lowest BCUT2D eigenvalue weighted by molar-refractivity contribution is -0.148. The first-order chi connectivity index (χ1) is 14.5. The van der Waals surface area contributed by atoms with Crippen molar-refractivity contribution in [3.05, 3.63) is 0 Å². The highest BCUT2D eigenvalue weighted by molar-refractivity contribution is 4.90. The van der Waals surface area contributed by atoms with Crippen molar-refractivity contribution in [2.75, 3.05) is 32.8 Å². The predicted molar refractivity (Wildman–Crippen MR) is 125 cm³/mol. The monoisotopic (exact) mass is 426 g/mol. The van der Waals surface area contributed by atoms with Crippen molar-refractivity contribution in [2.45, 2.75) is 128 Å². The van der Waals surface area contributed by atoms with Gasteiger partial charge in [0.25, 0.3) is 0 Å². The largest absolute Gasteiger partial charge is 0.379 e. The van der Waals surface area contributed by atoms with Gasteiger partial charge in [-0.3, -0.25) is 4.90 Å². The highest BCUT2D eigenvalue weighted by atomic mass is 16.8. The van der Waals surface area contributed by atoms with E-state index < -0.39 is 5.79 Å². The Morgan fingerprint density at radius 2 is 1.37 bits per heavy atom. The lowest BCUT2D eigenvalue weighted by Gasteiger charge is -2.32. The van der Waals surface area contributed by atoms with Crippen molar-refractivity contribution in [3.63, 3.8) is 0 Å². The number of unbranched alkanes of at least 4 members (excludes halogenated alkanes) is 11. The minimum atomic E-state index is -0.519. The topological polar surface area (TPSA) is 57.0 Å². The Bertz CT molecular complexity index is 427. The molecule has 2 saturated heterocycles. The average Bonchev–Trinajstić information content (AvgIpc) is 3.04. The Balaban J connectivity index is 1.55. The van der Waals surface area contributed by atoms with Crippen LogP contribution in [0, 0.1) is 0 Å². The van der Waals surface area contributed by atoms with Crippen LogP contribution < -0.4 is 5.73 Å². The van der Waals surface area contributed by atoms with Crippen LogP contribution in [0.5, 0.6) is 0 Å². The molecule has 0 spiro atoms. The maximum Gasteiger partial charge on any atom is 0.163 e. The third-order valence-electron chi connectivity index (χ3n) is 6.56. The van der Waals surface area contributed by atoms with Gasteiger partial charge in [0, 0.05) is 25.7 Å². The minimum absolute atomic E-state index is 0.00412. The molecule has 0 aromatic carbocycles. The summed E-state index contributed by atoms with van der Waals surface area (Å²) >= 11 is 0. The number of morpholine rings is 1. The smallest absolute Gasteiger partial charge is 0.163 e.